The van der Waals surface area contributed by atoms with Crippen LogP contribution >= 0.6 is 0 Å². The van der Waals surface area contributed by atoms with Crippen LogP contribution in [0.5, 0.6) is 0 Å². The molecule has 0 aromatic heterocycles. The average Bonchev–Trinajstić information content (AvgIpc) is 2.95. The third-order valence-electron chi connectivity index (χ3n) is 6.35. The number of benzene rings is 4. The fourth-order valence-electron chi connectivity index (χ4n) is 4.38. The first-order chi connectivity index (χ1) is 19.1. The number of hydrogen-bond donors (Lipinski definition) is 1. The molecule has 1 amide bonds. The summed E-state index contributed by atoms with van der Waals surface area (Å²) in [5.74, 6) is -2.39. The molecule has 4 aromatic rings. The normalized spacial score (nSPS) is 13.9. The highest BCUT2D eigenvalue weighted by molar-refractivity contribution is 7.91. The van der Waals surface area contributed by atoms with Gasteiger partial charge < -0.3 is 10.1 Å². The van der Waals surface area contributed by atoms with Crippen molar-refractivity contribution in [1.82, 2.24) is 0 Å². The van der Waals surface area contributed by atoms with Gasteiger partial charge in [0.2, 0.25) is 15.9 Å². The molecular formula is C29H20N2O8S. The number of esters is 1. The van der Waals surface area contributed by atoms with E-state index in [9.17, 15) is 32.9 Å². The van der Waals surface area contributed by atoms with Crippen LogP contribution in [0, 0.1) is 17.0 Å². The number of rotatable bonds is 6. The molecule has 11 heteroatoms. The highest BCUT2D eigenvalue weighted by Crippen LogP contribution is 2.35. The molecule has 10 nitrogen and oxygen atoms in total. The number of nitrogens with zero attached hydrogens (tertiary/aromatic N) is 1. The Hall–Kier alpha value is -5.16. The van der Waals surface area contributed by atoms with Crippen molar-refractivity contribution in [3.8, 4) is 0 Å². The SMILES string of the molecule is Cc1ccc(NC(=O)[C@@H](OC(=O)c2ccc3c(c2)S(=O)(=O)c2ccccc2C3=O)c2ccccc2)c([N+](=O)[O-])c1. The summed E-state index contributed by atoms with van der Waals surface area (Å²) in [6, 6.07) is 21.6. The molecule has 0 unspecified atom stereocenters. The van der Waals surface area contributed by atoms with Gasteiger partial charge in [0.05, 0.1) is 20.3 Å². The minimum absolute atomic E-state index is 0.0383. The molecule has 5 rings (SSSR count). The van der Waals surface area contributed by atoms with Crippen molar-refractivity contribution >= 4 is 38.9 Å². The maximum absolute atomic E-state index is 13.3. The van der Waals surface area contributed by atoms with Gasteiger partial charge in [0.1, 0.15) is 5.69 Å². The molecule has 200 valence electrons. The molecule has 0 radical (unpaired) electrons. The summed E-state index contributed by atoms with van der Waals surface area (Å²) in [6.07, 6.45) is -1.54. The molecule has 0 saturated heterocycles. The van der Waals surface area contributed by atoms with E-state index in [1.165, 1.54) is 54.6 Å². The van der Waals surface area contributed by atoms with Gasteiger partial charge in [0, 0.05) is 22.8 Å². The second-order valence-corrected chi connectivity index (χ2v) is 10.9. The molecule has 0 bridgehead atoms. The largest absolute Gasteiger partial charge is 0.444 e. The number of carbonyl (C=O) groups is 3. The molecule has 1 heterocycles. The first kappa shape index (κ1) is 26.4. The van der Waals surface area contributed by atoms with E-state index in [0.29, 0.717) is 5.56 Å². The lowest BCUT2D eigenvalue weighted by molar-refractivity contribution is -0.384. The number of anilines is 1. The summed E-state index contributed by atoms with van der Waals surface area (Å²) in [4.78, 5) is 49.8. The Morgan fingerprint density at radius 1 is 0.875 bits per heavy atom. The van der Waals surface area contributed by atoms with Crippen molar-refractivity contribution in [2.24, 2.45) is 0 Å². The number of carbonyl (C=O) groups excluding carboxylic acids is 3. The number of nitro benzene ring substituents is 1. The lowest BCUT2D eigenvalue weighted by atomic mass is 10.0. The van der Waals surface area contributed by atoms with Gasteiger partial charge in [-0.1, -0.05) is 48.5 Å². The van der Waals surface area contributed by atoms with Gasteiger partial charge in [0.25, 0.3) is 11.6 Å². The molecule has 4 aromatic carbocycles. The van der Waals surface area contributed by atoms with Gasteiger partial charge in [-0.25, -0.2) is 13.2 Å². The Kier molecular flexibility index (Phi) is 6.74. The van der Waals surface area contributed by atoms with Crippen LogP contribution in [0.1, 0.15) is 43.5 Å². The predicted octanol–water partition coefficient (Wildman–Crippen LogP) is 4.82. The van der Waals surface area contributed by atoms with Crippen LogP contribution in [0.25, 0.3) is 0 Å². The first-order valence-corrected chi connectivity index (χ1v) is 13.4. The van der Waals surface area contributed by atoms with Crippen molar-refractivity contribution in [2.45, 2.75) is 22.8 Å². The minimum Gasteiger partial charge on any atom is -0.444 e. The zero-order valence-electron chi connectivity index (χ0n) is 20.9. The fraction of sp³-hybridized carbons (Fsp3) is 0.0690. The highest BCUT2D eigenvalue weighted by atomic mass is 32.2. The summed E-state index contributed by atoms with van der Waals surface area (Å²) in [7, 11) is -4.12. The zero-order chi connectivity index (χ0) is 28.6. The second-order valence-electron chi connectivity index (χ2n) is 9.00. The number of sulfone groups is 1. The lowest BCUT2D eigenvalue weighted by Gasteiger charge is -2.20. The number of nitrogens with one attached hydrogen (secondary N) is 1. The van der Waals surface area contributed by atoms with Crippen molar-refractivity contribution in [3.63, 3.8) is 0 Å². The molecule has 1 aliphatic rings. The molecule has 0 fully saturated rings. The molecule has 0 aliphatic carbocycles. The maximum atomic E-state index is 13.3. The number of ether oxygens (including phenoxy) is 1. The second kappa shape index (κ2) is 10.2. The van der Waals surface area contributed by atoms with E-state index in [1.807, 2.05) is 0 Å². The molecule has 1 atom stereocenters. The van der Waals surface area contributed by atoms with Crippen LogP contribution in [-0.2, 0) is 19.4 Å². The third-order valence-corrected chi connectivity index (χ3v) is 8.20. The van der Waals surface area contributed by atoms with Crippen LogP contribution in [0.4, 0.5) is 11.4 Å². The summed E-state index contributed by atoms with van der Waals surface area (Å²) >= 11 is 0. The number of aryl methyl sites for hydroxylation is 1. The zero-order valence-corrected chi connectivity index (χ0v) is 21.7. The molecule has 1 N–H and O–H groups in total. The standard InChI is InChI=1S/C29H20N2O8S/c1-17-11-14-22(23(15-17)31(35)36)30-28(33)27(18-7-3-2-4-8-18)39-29(34)19-12-13-21-25(16-19)40(37,38)24-10-6-5-9-20(24)26(21)32/h2-16,27H,1H3,(H,30,33)/t27-/m0/s1. The van der Waals surface area contributed by atoms with E-state index in [-0.39, 0.29) is 43.4 Å². The molecule has 0 spiro atoms. The van der Waals surface area contributed by atoms with Crippen LogP contribution in [-0.4, -0.2) is 31.0 Å². The smallest absolute Gasteiger partial charge is 0.339 e. The number of fused-ring (bicyclic) bond motifs is 2. The Balaban J connectivity index is 1.48. The predicted molar refractivity (Wildman–Crippen MR) is 143 cm³/mol. The lowest BCUT2D eigenvalue weighted by Crippen LogP contribution is -2.26. The average molecular weight is 557 g/mol. The van der Waals surface area contributed by atoms with Gasteiger partial charge in [0.15, 0.2) is 5.78 Å². The summed E-state index contributed by atoms with van der Waals surface area (Å²) < 4.78 is 32.1. The number of nitro groups is 1. The van der Waals surface area contributed by atoms with E-state index >= 15 is 0 Å². The van der Waals surface area contributed by atoms with Crippen molar-refractivity contribution in [1.29, 1.82) is 0 Å². The van der Waals surface area contributed by atoms with Gasteiger partial charge in [-0.2, -0.15) is 0 Å². The number of hydrogen-bond acceptors (Lipinski definition) is 8. The van der Waals surface area contributed by atoms with E-state index in [1.54, 1.807) is 37.3 Å². The van der Waals surface area contributed by atoms with Crippen molar-refractivity contribution in [3.05, 3.63) is 129 Å². The minimum atomic E-state index is -4.12. The van der Waals surface area contributed by atoms with E-state index in [0.717, 1.165) is 6.07 Å². The van der Waals surface area contributed by atoms with Crippen LogP contribution < -0.4 is 5.32 Å². The Morgan fingerprint density at radius 3 is 2.27 bits per heavy atom. The third kappa shape index (κ3) is 4.74. The Labute approximate surface area is 228 Å². The molecule has 40 heavy (non-hydrogen) atoms. The molecule has 0 saturated carbocycles. The summed E-state index contributed by atoms with van der Waals surface area (Å²) in [5, 5.41) is 14.0. The molecule has 1 aliphatic heterocycles. The molecular weight excluding hydrogens is 536 g/mol. The van der Waals surface area contributed by atoms with Crippen LogP contribution in [0.2, 0.25) is 0 Å². The summed E-state index contributed by atoms with van der Waals surface area (Å²) in [5.41, 5.74) is 0.211. The highest BCUT2D eigenvalue weighted by Gasteiger charge is 2.36. The Morgan fingerprint density at radius 2 is 1.55 bits per heavy atom. The van der Waals surface area contributed by atoms with E-state index in [2.05, 4.69) is 5.32 Å². The van der Waals surface area contributed by atoms with Crippen molar-refractivity contribution in [2.75, 3.05) is 5.32 Å². The number of amides is 1. The van der Waals surface area contributed by atoms with E-state index in [4.69, 9.17) is 4.74 Å². The monoisotopic (exact) mass is 556 g/mol. The number of ketones is 1. The fourth-order valence-corrected chi connectivity index (χ4v) is 6.06. The summed E-state index contributed by atoms with van der Waals surface area (Å²) in [6.45, 7) is 1.66. The van der Waals surface area contributed by atoms with E-state index < -0.39 is 38.5 Å². The topological polar surface area (TPSA) is 150 Å². The first-order valence-electron chi connectivity index (χ1n) is 11.9. The van der Waals surface area contributed by atoms with Crippen LogP contribution in [0.15, 0.2) is 101 Å². The van der Waals surface area contributed by atoms with Gasteiger partial charge >= 0.3 is 5.97 Å². The van der Waals surface area contributed by atoms with Crippen LogP contribution in [0.3, 0.4) is 0 Å². The van der Waals surface area contributed by atoms with Gasteiger partial charge in [-0.05, 0) is 48.9 Å². The van der Waals surface area contributed by atoms with Crippen molar-refractivity contribution < 1.29 is 32.5 Å². The van der Waals surface area contributed by atoms with Gasteiger partial charge in [-0.15, -0.1) is 0 Å². The maximum Gasteiger partial charge on any atom is 0.339 e. The quantitative estimate of drug-likeness (QED) is 0.178. The van der Waals surface area contributed by atoms with Gasteiger partial charge in [-0.3, -0.25) is 19.7 Å². The Bertz CT molecular complexity index is 1820.